The molecular formula is C15H22BrN. The highest BCUT2D eigenvalue weighted by Crippen LogP contribution is 2.30. The fraction of sp³-hybridized carbons (Fsp3) is 0.667. The molecule has 0 spiro atoms. The van der Waals surface area contributed by atoms with Gasteiger partial charge < -0.3 is 0 Å². The third-order valence-corrected chi connectivity index (χ3v) is 4.86. The second-order valence-corrected chi connectivity index (χ2v) is 6.32. The van der Waals surface area contributed by atoms with Gasteiger partial charge in [-0.2, -0.15) is 0 Å². The molecule has 94 valence electrons. The molecule has 0 aromatic carbocycles. The molecule has 1 atom stereocenters. The van der Waals surface area contributed by atoms with Gasteiger partial charge in [-0.1, -0.05) is 54.1 Å². The van der Waals surface area contributed by atoms with Gasteiger partial charge in [0.15, 0.2) is 0 Å². The quantitative estimate of drug-likeness (QED) is 0.734. The van der Waals surface area contributed by atoms with E-state index in [0.29, 0.717) is 4.83 Å². The third-order valence-electron chi connectivity index (χ3n) is 3.79. The van der Waals surface area contributed by atoms with Crippen LogP contribution < -0.4 is 0 Å². The van der Waals surface area contributed by atoms with Gasteiger partial charge in [-0.3, -0.25) is 4.98 Å². The first kappa shape index (κ1) is 13.1. The van der Waals surface area contributed by atoms with E-state index in [9.17, 15) is 0 Å². The van der Waals surface area contributed by atoms with Crippen molar-refractivity contribution in [2.45, 2.75) is 56.2 Å². The van der Waals surface area contributed by atoms with Gasteiger partial charge in [0.25, 0.3) is 0 Å². The molecule has 0 bridgehead atoms. The highest BCUT2D eigenvalue weighted by atomic mass is 79.9. The van der Waals surface area contributed by atoms with Gasteiger partial charge in [-0.25, -0.2) is 0 Å². The SMILES string of the molecule is BrC(Cc1ccccn1)C1CCCCCCC1. The Morgan fingerprint density at radius 3 is 2.47 bits per heavy atom. The molecule has 1 aliphatic carbocycles. The van der Waals surface area contributed by atoms with Crippen molar-refractivity contribution >= 4 is 15.9 Å². The van der Waals surface area contributed by atoms with Crippen LogP contribution in [-0.2, 0) is 6.42 Å². The highest BCUT2D eigenvalue weighted by Gasteiger charge is 2.20. The zero-order chi connectivity index (χ0) is 11.9. The minimum Gasteiger partial charge on any atom is -0.261 e. The van der Waals surface area contributed by atoms with Crippen LogP contribution in [0.4, 0.5) is 0 Å². The summed E-state index contributed by atoms with van der Waals surface area (Å²) in [5.41, 5.74) is 1.22. The lowest BCUT2D eigenvalue weighted by Gasteiger charge is -2.24. The summed E-state index contributed by atoms with van der Waals surface area (Å²) in [7, 11) is 0. The van der Waals surface area contributed by atoms with Gasteiger partial charge in [0.05, 0.1) is 0 Å². The van der Waals surface area contributed by atoms with Crippen LogP contribution in [0.15, 0.2) is 24.4 Å². The molecule has 1 heterocycles. The maximum absolute atomic E-state index is 4.43. The zero-order valence-electron chi connectivity index (χ0n) is 10.4. The van der Waals surface area contributed by atoms with Crippen molar-refractivity contribution in [3.05, 3.63) is 30.1 Å². The van der Waals surface area contributed by atoms with Crippen molar-refractivity contribution in [2.75, 3.05) is 0 Å². The summed E-state index contributed by atoms with van der Waals surface area (Å²) in [6, 6.07) is 6.21. The van der Waals surface area contributed by atoms with E-state index in [1.165, 1.54) is 50.6 Å². The first-order valence-electron chi connectivity index (χ1n) is 6.90. The number of hydrogen-bond donors (Lipinski definition) is 0. The molecule has 1 unspecified atom stereocenters. The molecular weight excluding hydrogens is 274 g/mol. The van der Waals surface area contributed by atoms with Crippen LogP contribution in [0.5, 0.6) is 0 Å². The molecule has 1 nitrogen and oxygen atoms in total. The van der Waals surface area contributed by atoms with Crippen molar-refractivity contribution in [1.82, 2.24) is 4.98 Å². The van der Waals surface area contributed by atoms with E-state index in [-0.39, 0.29) is 0 Å². The normalized spacial score (nSPS) is 20.5. The molecule has 0 N–H and O–H groups in total. The summed E-state index contributed by atoms with van der Waals surface area (Å²) in [5, 5.41) is 0. The van der Waals surface area contributed by atoms with Crippen molar-refractivity contribution in [3.63, 3.8) is 0 Å². The van der Waals surface area contributed by atoms with E-state index < -0.39 is 0 Å². The van der Waals surface area contributed by atoms with Crippen molar-refractivity contribution in [2.24, 2.45) is 5.92 Å². The van der Waals surface area contributed by atoms with E-state index >= 15 is 0 Å². The van der Waals surface area contributed by atoms with Gasteiger partial charge in [0.2, 0.25) is 0 Å². The van der Waals surface area contributed by atoms with Crippen LogP contribution in [0.2, 0.25) is 0 Å². The van der Waals surface area contributed by atoms with E-state index in [1.807, 2.05) is 12.3 Å². The van der Waals surface area contributed by atoms with Crippen molar-refractivity contribution in [1.29, 1.82) is 0 Å². The average molecular weight is 296 g/mol. The summed E-state index contributed by atoms with van der Waals surface area (Å²) < 4.78 is 0. The Kier molecular flexibility index (Phi) is 5.50. The van der Waals surface area contributed by atoms with Gasteiger partial charge in [-0.15, -0.1) is 0 Å². The lowest BCUT2D eigenvalue weighted by Crippen LogP contribution is -2.18. The molecule has 0 amide bonds. The molecule has 0 radical (unpaired) electrons. The van der Waals surface area contributed by atoms with Crippen LogP contribution >= 0.6 is 15.9 Å². The van der Waals surface area contributed by atoms with Crippen LogP contribution in [-0.4, -0.2) is 9.81 Å². The van der Waals surface area contributed by atoms with Crippen LogP contribution in [0.1, 0.15) is 50.6 Å². The maximum atomic E-state index is 4.43. The molecule has 1 saturated carbocycles. The van der Waals surface area contributed by atoms with Crippen LogP contribution in [0.25, 0.3) is 0 Å². The zero-order valence-corrected chi connectivity index (χ0v) is 12.0. The molecule has 0 saturated heterocycles. The topological polar surface area (TPSA) is 12.9 Å². The molecule has 1 aliphatic rings. The second-order valence-electron chi connectivity index (χ2n) is 5.15. The van der Waals surface area contributed by atoms with E-state index in [2.05, 4.69) is 33.0 Å². The number of hydrogen-bond acceptors (Lipinski definition) is 1. The molecule has 1 fully saturated rings. The lowest BCUT2D eigenvalue weighted by atomic mass is 9.87. The lowest BCUT2D eigenvalue weighted by molar-refractivity contribution is 0.369. The number of pyridine rings is 1. The van der Waals surface area contributed by atoms with Crippen LogP contribution in [0.3, 0.4) is 0 Å². The first-order chi connectivity index (χ1) is 8.36. The van der Waals surface area contributed by atoms with Gasteiger partial charge in [-0.05, 0) is 30.9 Å². The standard InChI is InChI=1S/C15H22BrN/c16-15(12-14-10-6-7-11-17-14)13-8-4-2-1-3-5-9-13/h6-7,10-11,13,15H,1-5,8-9,12H2. The Labute approximate surface area is 113 Å². The summed E-state index contributed by atoms with van der Waals surface area (Å²) in [5.74, 6) is 0.845. The minimum absolute atomic E-state index is 0.607. The molecule has 2 rings (SSSR count). The fourth-order valence-corrected chi connectivity index (χ4v) is 3.60. The number of rotatable bonds is 3. The predicted molar refractivity (Wildman–Crippen MR) is 76.5 cm³/mol. The van der Waals surface area contributed by atoms with Crippen molar-refractivity contribution < 1.29 is 0 Å². The van der Waals surface area contributed by atoms with Gasteiger partial charge >= 0.3 is 0 Å². The molecule has 17 heavy (non-hydrogen) atoms. The van der Waals surface area contributed by atoms with Gasteiger partial charge in [0, 0.05) is 23.1 Å². The number of aromatic nitrogens is 1. The predicted octanol–water partition coefficient (Wildman–Crippen LogP) is 4.75. The summed E-state index contributed by atoms with van der Waals surface area (Å²) in [6.45, 7) is 0. The number of alkyl halides is 1. The first-order valence-corrected chi connectivity index (χ1v) is 7.82. The molecule has 2 heteroatoms. The summed E-state index contributed by atoms with van der Waals surface area (Å²) >= 11 is 3.90. The molecule has 1 aromatic rings. The number of halogens is 1. The number of nitrogens with zero attached hydrogens (tertiary/aromatic N) is 1. The van der Waals surface area contributed by atoms with Crippen molar-refractivity contribution in [3.8, 4) is 0 Å². The highest BCUT2D eigenvalue weighted by molar-refractivity contribution is 9.09. The smallest absolute Gasteiger partial charge is 0.0414 e. The maximum Gasteiger partial charge on any atom is 0.0414 e. The van der Waals surface area contributed by atoms with Crippen LogP contribution in [0, 0.1) is 5.92 Å². The summed E-state index contributed by atoms with van der Waals surface area (Å²) in [6.07, 6.45) is 12.9. The Balaban J connectivity index is 1.87. The van der Waals surface area contributed by atoms with E-state index in [1.54, 1.807) is 0 Å². The molecule has 0 aliphatic heterocycles. The fourth-order valence-electron chi connectivity index (χ4n) is 2.73. The van der Waals surface area contributed by atoms with E-state index in [4.69, 9.17) is 0 Å². The monoisotopic (exact) mass is 295 g/mol. The minimum atomic E-state index is 0.607. The Bertz CT molecular complexity index is 304. The van der Waals surface area contributed by atoms with Gasteiger partial charge in [0.1, 0.15) is 0 Å². The Morgan fingerprint density at radius 1 is 1.12 bits per heavy atom. The molecule has 1 aromatic heterocycles. The second kappa shape index (κ2) is 7.15. The third kappa shape index (κ3) is 4.42. The average Bonchev–Trinajstić information content (AvgIpc) is 2.29. The largest absolute Gasteiger partial charge is 0.261 e. The Morgan fingerprint density at radius 2 is 1.82 bits per heavy atom. The van der Waals surface area contributed by atoms with E-state index in [0.717, 1.165) is 12.3 Å². The Hall–Kier alpha value is -0.370. The summed E-state index contributed by atoms with van der Waals surface area (Å²) in [4.78, 5) is 5.03.